The van der Waals surface area contributed by atoms with Gasteiger partial charge in [0.15, 0.2) is 5.16 Å². The fraction of sp³-hybridized carbons (Fsp3) is 0.167. The number of nitrogens with zero attached hydrogens (tertiary/aromatic N) is 2. The maximum absolute atomic E-state index is 14.0. The summed E-state index contributed by atoms with van der Waals surface area (Å²) in [5.74, 6) is -2.33. The second-order valence-corrected chi connectivity index (χ2v) is 11.8. The maximum Gasteiger partial charge on any atom is 0.348 e. The van der Waals surface area contributed by atoms with E-state index < -0.39 is 17.8 Å². The summed E-state index contributed by atoms with van der Waals surface area (Å²) in [5, 5.41) is 5.35. The lowest BCUT2D eigenvalue weighted by atomic mass is 10.1. The molecule has 0 bridgehead atoms. The Balaban J connectivity index is 1.49. The third-order valence-electron chi connectivity index (χ3n) is 6.33. The van der Waals surface area contributed by atoms with E-state index in [1.165, 1.54) is 35.1 Å². The van der Waals surface area contributed by atoms with E-state index in [1.54, 1.807) is 55.6 Å². The summed E-state index contributed by atoms with van der Waals surface area (Å²) in [6, 6.07) is 14.8. The van der Waals surface area contributed by atoms with Gasteiger partial charge in [0.2, 0.25) is 5.91 Å². The van der Waals surface area contributed by atoms with Crippen molar-refractivity contribution in [2.24, 2.45) is 0 Å². The van der Waals surface area contributed by atoms with Gasteiger partial charge in [-0.05, 0) is 49.2 Å². The molecule has 0 aliphatic rings. The van der Waals surface area contributed by atoms with Crippen LogP contribution in [0.2, 0.25) is 0 Å². The molecule has 13 heteroatoms. The molecule has 0 aliphatic carbocycles. The lowest BCUT2D eigenvalue weighted by Crippen LogP contribution is -2.23. The molecule has 0 radical (unpaired) electrons. The fourth-order valence-corrected chi connectivity index (χ4v) is 7.28. The predicted octanol–water partition coefficient (Wildman–Crippen LogP) is 6.32. The van der Waals surface area contributed by atoms with Crippen LogP contribution in [0.15, 0.2) is 69.9 Å². The fourth-order valence-electron chi connectivity index (χ4n) is 4.35. The lowest BCUT2D eigenvalue weighted by Gasteiger charge is -2.13. The molecule has 1 N–H and O–H groups in total. The average molecular weight is 638 g/mol. The van der Waals surface area contributed by atoms with Gasteiger partial charge in [0.25, 0.3) is 5.56 Å². The second-order valence-electron chi connectivity index (χ2n) is 9.02. The maximum atomic E-state index is 14.0. The Morgan fingerprint density at radius 1 is 1.07 bits per heavy atom. The van der Waals surface area contributed by atoms with Crippen LogP contribution >= 0.6 is 34.4 Å². The highest BCUT2D eigenvalue weighted by Gasteiger charge is 2.27. The van der Waals surface area contributed by atoms with Crippen molar-refractivity contribution in [2.45, 2.75) is 19.0 Å². The number of methoxy groups -OCH3 is 1. The van der Waals surface area contributed by atoms with Gasteiger partial charge in [-0.3, -0.25) is 14.2 Å². The van der Waals surface area contributed by atoms with Crippen LogP contribution in [0.3, 0.4) is 0 Å². The molecule has 2 aromatic carbocycles. The molecule has 0 saturated carbocycles. The first-order valence-electron chi connectivity index (χ1n) is 12.9. The summed E-state index contributed by atoms with van der Waals surface area (Å²) in [4.78, 5) is 57.4. The summed E-state index contributed by atoms with van der Waals surface area (Å²) >= 11 is 3.24. The van der Waals surface area contributed by atoms with Crippen molar-refractivity contribution in [1.82, 2.24) is 9.55 Å². The number of amides is 1. The van der Waals surface area contributed by atoms with Gasteiger partial charge < -0.3 is 14.8 Å². The van der Waals surface area contributed by atoms with E-state index in [1.807, 2.05) is 6.07 Å². The van der Waals surface area contributed by atoms with Gasteiger partial charge in [0.05, 0.1) is 36.1 Å². The Kier molecular flexibility index (Phi) is 9.04. The van der Waals surface area contributed by atoms with Crippen molar-refractivity contribution in [3.05, 3.63) is 92.2 Å². The molecule has 0 spiro atoms. The van der Waals surface area contributed by atoms with Crippen LogP contribution in [-0.2, 0) is 14.3 Å². The van der Waals surface area contributed by atoms with Crippen molar-refractivity contribution < 1.29 is 28.2 Å². The normalized spacial score (nSPS) is 11.0. The van der Waals surface area contributed by atoms with Crippen LogP contribution in [0.4, 0.5) is 9.39 Å². The minimum Gasteiger partial charge on any atom is -0.465 e. The molecule has 3 heterocycles. The van der Waals surface area contributed by atoms with Crippen LogP contribution in [0, 0.1) is 12.7 Å². The summed E-state index contributed by atoms with van der Waals surface area (Å²) in [7, 11) is 1.23. The summed E-state index contributed by atoms with van der Waals surface area (Å²) < 4.78 is 25.0. The molecular weight excluding hydrogens is 614 g/mol. The number of para-hydroxylation sites is 1. The van der Waals surface area contributed by atoms with Crippen molar-refractivity contribution >= 4 is 67.5 Å². The van der Waals surface area contributed by atoms with Gasteiger partial charge in [-0.15, -0.1) is 22.7 Å². The summed E-state index contributed by atoms with van der Waals surface area (Å²) in [5.41, 5.74) is 1.97. The zero-order chi connectivity index (χ0) is 30.7. The smallest absolute Gasteiger partial charge is 0.348 e. The standard InChI is InChI=1S/C30H24FN3O6S3/c1-4-40-28(37)22-16(2)24(29(38)39-3)43-26(22)32-21(35)15-42-30-33-25-23(27(36)34(30)19-8-6-5-7-9-19)20(14-41-25)17-10-12-18(31)13-11-17/h5-14H,4,15H2,1-3H3,(H,32,35). The Hall–Kier alpha value is -4.33. The van der Waals surface area contributed by atoms with Gasteiger partial charge in [0.1, 0.15) is 20.5 Å². The van der Waals surface area contributed by atoms with E-state index in [9.17, 15) is 23.6 Å². The number of carbonyl (C=O) groups excluding carboxylic acids is 3. The SMILES string of the molecule is CCOC(=O)c1c(NC(=O)CSc2nc3scc(-c4ccc(F)cc4)c3c(=O)n2-c2ccccc2)sc(C(=O)OC)c1C. The van der Waals surface area contributed by atoms with Gasteiger partial charge in [-0.2, -0.15) is 0 Å². The number of benzene rings is 2. The van der Waals surface area contributed by atoms with Gasteiger partial charge in [0, 0.05) is 10.9 Å². The van der Waals surface area contributed by atoms with Crippen LogP contribution < -0.4 is 10.9 Å². The third kappa shape index (κ3) is 6.10. The Morgan fingerprint density at radius 2 is 1.79 bits per heavy atom. The lowest BCUT2D eigenvalue weighted by molar-refractivity contribution is -0.113. The van der Waals surface area contributed by atoms with Crippen molar-refractivity contribution in [2.75, 3.05) is 24.8 Å². The summed E-state index contributed by atoms with van der Waals surface area (Å²) in [6.07, 6.45) is 0. The van der Waals surface area contributed by atoms with Crippen molar-refractivity contribution in [3.63, 3.8) is 0 Å². The van der Waals surface area contributed by atoms with E-state index >= 15 is 0 Å². The Bertz CT molecular complexity index is 1900. The highest BCUT2D eigenvalue weighted by molar-refractivity contribution is 7.99. The monoisotopic (exact) mass is 637 g/mol. The number of carbonyl (C=O) groups is 3. The van der Waals surface area contributed by atoms with E-state index in [2.05, 4.69) is 5.32 Å². The molecule has 5 aromatic rings. The van der Waals surface area contributed by atoms with Crippen LogP contribution in [-0.4, -0.2) is 46.9 Å². The number of hydrogen-bond donors (Lipinski definition) is 1. The first-order valence-corrected chi connectivity index (χ1v) is 15.6. The molecule has 9 nitrogen and oxygen atoms in total. The number of hydrogen-bond acceptors (Lipinski definition) is 10. The largest absolute Gasteiger partial charge is 0.465 e. The highest BCUT2D eigenvalue weighted by Crippen LogP contribution is 2.35. The minimum absolute atomic E-state index is 0.0817. The quantitative estimate of drug-likeness (QED) is 0.113. The number of aromatic nitrogens is 2. The van der Waals surface area contributed by atoms with E-state index in [0.717, 1.165) is 23.1 Å². The molecule has 43 heavy (non-hydrogen) atoms. The molecule has 0 unspecified atom stereocenters. The molecule has 220 valence electrons. The molecule has 3 aromatic heterocycles. The highest BCUT2D eigenvalue weighted by atomic mass is 32.2. The van der Waals surface area contributed by atoms with Crippen molar-refractivity contribution in [1.29, 1.82) is 0 Å². The zero-order valence-electron chi connectivity index (χ0n) is 23.1. The third-order valence-corrected chi connectivity index (χ3v) is 9.33. The topological polar surface area (TPSA) is 117 Å². The number of thioether (sulfide) groups is 1. The first-order chi connectivity index (χ1) is 20.7. The number of esters is 2. The van der Waals surface area contributed by atoms with Crippen LogP contribution in [0.1, 0.15) is 32.5 Å². The second kappa shape index (κ2) is 12.9. The molecule has 5 rings (SSSR count). The molecule has 0 saturated heterocycles. The Morgan fingerprint density at radius 3 is 2.47 bits per heavy atom. The average Bonchev–Trinajstić information content (AvgIpc) is 3.57. The number of ether oxygens (including phenoxy) is 2. The minimum atomic E-state index is -0.672. The van der Waals surface area contributed by atoms with Gasteiger partial charge >= 0.3 is 11.9 Å². The van der Waals surface area contributed by atoms with E-state index in [4.69, 9.17) is 14.5 Å². The van der Waals surface area contributed by atoms with Crippen molar-refractivity contribution in [3.8, 4) is 16.8 Å². The number of fused-ring (bicyclic) bond motifs is 1. The molecule has 0 aliphatic heterocycles. The number of rotatable bonds is 9. The zero-order valence-corrected chi connectivity index (χ0v) is 25.6. The number of halogens is 1. The molecule has 1 amide bonds. The van der Waals surface area contributed by atoms with Crippen LogP contribution in [0.25, 0.3) is 27.0 Å². The molecule has 0 fully saturated rings. The number of anilines is 1. The van der Waals surface area contributed by atoms with Gasteiger partial charge in [-0.25, -0.2) is 19.0 Å². The summed E-state index contributed by atoms with van der Waals surface area (Å²) in [6.45, 7) is 3.35. The first kappa shape index (κ1) is 30.1. The number of thiophene rings is 2. The molecular formula is C30H24FN3O6S3. The molecule has 0 atom stereocenters. The van der Waals surface area contributed by atoms with Crippen LogP contribution in [0.5, 0.6) is 0 Å². The number of nitrogens with one attached hydrogen (secondary N) is 1. The predicted molar refractivity (Wildman–Crippen MR) is 166 cm³/mol. The van der Waals surface area contributed by atoms with E-state index in [-0.39, 0.29) is 44.3 Å². The van der Waals surface area contributed by atoms with E-state index in [0.29, 0.717) is 32.6 Å². The Labute approximate surface area is 257 Å². The van der Waals surface area contributed by atoms with Gasteiger partial charge in [-0.1, -0.05) is 42.1 Å².